The number of ether oxygens (including phenoxy) is 1. The number of carbonyl (C=O) groups excluding carboxylic acids is 4. The second-order valence-electron chi connectivity index (χ2n) is 9.47. The highest BCUT2D eigenvalue weighted by Crippen LogP contribution is 2.45. The number of esters is 1. The van der Waals surface area contributed by atoms with Gasteiger partial charge in [0.1, 0.15) is 0 Å². The molecule has 3 aromatic rings. The highest BCUT2D eigenvalue weighted by atomic mass is 16.5. The molecule has 1 aliphatic heterocycles. The minimum atomic E-state index is -0.976. The molecule has 2 amide bonds. The van der Waals surface area contributed by atoms with Gasteiger partial charge in [-0.25, -0.2) is 4.79 Å². The minimum absolute atomic E-state index is 0.179. The summed E-state index contributed by atoms with van der Waals surface area (Å²) in [5, 5.41) is 0. The number of hydrogen-bond acceptors (Lipinski definition) is 5. The van der Waals surface area contributed by atoms with Crippen molar-refractivity contribution < 1.29 is 23.9 Å². The molecule has 1 saturated carbocycles. The molecule has 1 heterocycles. The molecule has 2 fully saturated rings. The van der Waals surface area contributed by atoms with Gasteiger partial charge in [0.15, 0.2) is 6.10 Å². The van der Waals surface area contributed by atoms with E-state index >= 15 is 0 Å². The van der Waals surface area contributed by atoms with Gasteiger partial charge < -0.3 is 4.74 Å². The lowest BCUT2D eigenvalue weighted by atomic mass is 9.73. The van der Waals surface area contributed by atoms with Crippen LogP contribution in [0, 0.1) is 11.8 Å². The first-order valence-electron chi connectivity index (χ1n) is 12.3. The Morgan fingerprint density at radius 2 is 1.44 bits per heavy atom. The number of ketones is 1. The van der Waals surface area contributed by atoms with Crippen LogP contribution < -0.4 is 4.90 Å². The summed E-state index contributed by atoms with van der Waals surface area (Å²) < 4.78 is 5.40. The summed E-state index contributed by atoms with van der Waals surface area (Å²) >= 11 is 0. The molecule has 5 rings (SSSR count). The number of carbonyl (C=O) groups is 4. The second-order valence-corrected chi connectivity index (χ2v) is 9.47. The van der Waals surface area contributed by atoms with E-state index in [0.29, 0.717) is 24.1 Å². The fourth-order valence-corrected chi connectivity index (χ4v) is 5.35. The Morgan fingerprint density at radius 3 is 2.17 bits per heavy atom. The summed E-state index contributed by atoms with van der Waals surface area (Å²) in [5.41, 5.74) is 2.18. The molecule has 0 N–H and O–H groups in total. The van der Waals surface area contributed by atoms with Crippen molar-refractivity contribution in [2.45, 2.75) is 38.2 Å². The summed E-state index contributed by atoms with van der Waals surface area (Å²) in [5.74, 6) is -1.88. The van der Waals surface area contributed by atoms with Gasteiger partial charge in [-0.2, -0.15) is 0 Å². The second kappa shape index (κ2) is 9.90. The number of Topliss-reactive ketones (excluding diaryl/α,β-unsaturated/α-hetero) is 1. The van der Waals surface area contributed by atoms with Crippen molar-refractivity contribution in [2.24, 2.45) is 11.8 Å². The van der Waals surface area contributed by atoms with Crippen molar-refractivity contribution in [1.82, 2.24) is 0 Å². The van der Waals surface area contributed by atoms with Crippen LogP contribution in [0.2, 0.25) is 0 Å². The topological polar surface area (TPSA) is 80.8 Å². The molecule has 182 valence electrons. The Labute approximate surface area is 209 Å². The molecule has 3 aromatic carbocycles. The van der Waals surface area contributed by atoms with Crippen molar-refractivity contribution in [3.8, 4) is 0 Å². The summed E-state index contributed by atoms with van der Waals surface area (Å²) in [6, 6.07) is 25.0. The van der Waals surface area contributed by atoms with E-state index < -0.39 is 12.1 Å². The third-order valence-electron chi connectivity index (χ3n) is 7.25. The van der Waals surface area contributed by atoms with E-state index in [-0.39, 0.29) is 40.9 Å². The first-order chi connectivity index (χ1) is 17.4. The Hall–Kier alpha value is -4.06. The quantitative estimate of drug-likeness (QED) is 0.275. The van der Waals surface area contributed by atoms with E-state index in [4.69, 9.17) is 4.74 Å². The maximum absolute atomic E-state index is 13.4. The molecule has 0 spiro atoms. The predicted octanol–water partition coefficient (Wildman–Crippen LogP) is 5.19. The fourth-order valence-electron chi connectivity index (χ4n) is 5.35. The number of benzene rings is 3. The molecule has 0 unspecified atom stereocenters. The van der Waals surface area contributed by atoms with Crippen molar-refractivity contribution in [3.63, 3.8) is 0 Å². The van der Waals surface area contributed by atoms with E-state index in [1.807, 2.05) is 18.2 Å². The van der Waals surface area contributed by atoms with Gasteiger partial charge in [0, 0.05) is 5.56 Å². The van der Waals surface area contributed by atoms with Crippen LogP contribution in [0.25, 0.3) is 0 Å². The third-order valence-corrected chi connectivity index (χ3v) is 7.25. The average Bonchev–Trinajstić information content (AvgIpc) is 3.18. The van der Waals surface area contributed by atoms with Gasteiger partial charge in [-0.05, 0) is 55.9 Å². The molecule has 6 nitrogen and oxygen atoms in total. The van der Waals surface area contributed by atoms with Crippen LogP contribution in [0.4, 0.5) is 5.69 Å². The van der Waals surface area contributed by atoms with E-state index in [1.165, 1.54) is 23.5 Å². The van der Waals surface area contributed by atoms with Gasteiger partial charge in [0.05, 0.1) is 23.1 Å². The predicted molar refractivity (Wildman–Crippen MR) is 135 cm³/mol. The number of anilines is 1. The smallest absolute Gasteiger partial charge is 0.338 e. The molecule has 2 aliphatic rings. The average molecular weight is 482 g/mol. The number of nitrogens with zero attached hydrogens (tertiary/aromatic N) is 1. The fraction of sp³-hybridized carbons (Fsp3) is 0.267. The lowest BCUT2D eigenvalue weighted by molar-refractivity contribution is -0.122. The van der Waals surface area contributed by atoms with Crippen LogP contribution in [0.1, 0.15) is 58.4 Å². The summed E-state index contributed by atoms with van der Waals surface area (Å²) in [6.45, 7) is 1.53. The van der Waals surface area contributed by atoms with Crippen LogP contribution in [0.15, 0.2) is 84.9 Å². The Morgan fingerprint density at radius 1 is 0.806 bits per heavy atom. The largest absolute Gasteiger partial charge is 0.451 e. The zero-order valence-corrected chi connectivity index (χ0v) is 20.0. The van der Waals surface area contributed by atoms with E-state index in [2.05, 4.69) is 12.1 Å². The van der Waals surface area contributed by atoms with Crippen LogP contribution in [0.5, 0.6) is 0 Å². The van der Waals surface area contributed by atoms with Crippen molar-refractivity contribution in [2.75, 3.05) is 4.90 Å². The molecule has 6 heteroatoms. The van der Waals surface area contributed by atoms with Gasteiger partial charge in [-0.1, -0.05) is 66.7 Å². The molecular formula is C30H27NO5. The molecule has 1 aliphatic carbocycles. The van der Waals surface area contributed by atoms with E-state index in [9.17, 15) is 19.2 Å². The van der Waals surface area contributed by atoms with Crippen LogP contribution in [-0.2, 0) is 14.3 Å². The highest BCUT2D eigenvalue weighted by molar-refractivity contribution is 6.22. The maximum Gasteiger partial charge on any atom is 0.338 e. The molecular weight excluding hydrogens is 454 g/mol. The molecule has 0 aromatic heterocycles. The Bertz CT molecular complexity index is 1300. The first-order valence-corrected chi connectivity index (χ1v) is 12.3. The first kappa shape index (κ1) is 23.7. The lowest BCUT2D eigenvalue weighted by Crippen LogP contribution is -2.31. The summed E-state index contributed by atoms with van der Waals surface area (Å²) in [7, 11) is 0. The normalized spacial score (nSPS) is 22.1. The van der Waals surface area contributed by atoms with Gasteiger partial charge in [-0.15, -0.1) is 0 Å². The minimum Gasteiger partial charge on any atom is -0.451 e. The number of fused-ring (bicyclic) bond motifs is 1. The van der Waals surface area contributed by atoms with Gasteiger partial charge >= 0.3 is 5.97 Å². The lowest BCUT2D eigenvalue weighted by Gasteiger charge is -2.28. The zero-order chi connectivity index (χ0) is 25.2. The number of amides is 2. The van der Waals surface area contributed by atoms with Crippen molar-refractivity contribution in [3.05, 3.63) is 102 Å². The SMILES string of the molecule is C[C@@H](OC(=O)c1cccc(N2C(=O)[C@H]3CC[C@H](c4ccccc4)C[C@@H]3C2=O)c1)C(=O)c1ccccc1. The van der Waals surface area contributed by atoms with Crippen LogP contribution in [0.3, 0.4) is 0 Å². The van der Waals surface area contributed by atoms with Crippen LogP contribution in [-0.4, -0.2) is 29.7 Å². The third kappa shape index (κ3) is 4.47. The number of rotatable bonds is 6. The Balaban J connectivity index is 1.31. The Kier molecular flexibility index (Phi) is 6.51. The highest BCUT2D eigenvalue weighted by Gasteiger charge is 2.50. The maximum atomic E-state index is 13.4. The molecule has 1 saturated heterocycles. The van der Waals surface area contributed by atoms with Gasteiger partial charge in [0.2, 0.25) is 17.6 Å². The van der Waals surface area contributed by atoms with E-state index in [0.717, 1.165) is 6.42 Å². The molecule has 0 bridgehead atoms. The number of hydrogen-bond donors (Lipinski definition) is 0. The van der Waals surface area contributed by atoms with Crippen LogP contribution >= 0.6 is 0 Å². The summed E-state index contributed by atoms with van der Waals surface area (Å²) in [6.07, 6.45) is 1.18. The standard InChI is InChI=1S/C30H27NO5/c1-19(27(32)21-11-6-3-7-12-21)36-30(35)23-13-8-14-24(17-23)31-28(33)25-16-15-22(18-26(25)29(31)34)20-9-4-2-5-10-20/h2-14,17,19,22,25-26H,15-16,18H2,1H3/t19-,22+,25+,26+/m1/s1. The van der Waals surface area contributed by atoms with Crippen molar-refractivity contribution >= 4 is 29.3 Å². The van der Waals surface area contributed by atoms with Crippen molar-refractivity contribution in [1.29, 1.82) is 0 Å². The molecule has 36 heavy (non-hydrogen) atoms. The van der Waals surface area contributed by atoms with Gasteiger partial charge in [-0.3, -0.25) is 19.3 Å². The molecule has 0 radical (unpaired) electrons. The molecule has 4 atom stereocenters. The van der Waals surface area contributed by atoms with Gasteiger partial charge in [0.25, 0.3) is 0 Å². The monoisotopic (exact) mass is 481 g/mol. The zero-order valence-electron chi connectivity index (χ0n) is 20.0. The van der Waals surface area contributed by atoms with E-state index in [1.54, 1.807) is 48.5 Å². The number of imide groups is 1. The summed E-state index contributed by atoms with van der Waals surface area (Å²) in [4.78, 5) is 53.2.